The monoisotopic (exact) mass is 467 g/mol. The first-order chi connectivity index (χ1) is 16.6. The number of esters is 1. The Hall–Kier alpha value is -3.56. The van der Waals surface area contributed by atoms with Crippen LogP contribution in [0, 0.1) is 0 Å². The molecular formula is C25H29N3O6. The van der Waals surface area contributed by atoms with Gasteiger partial charge in [0.15, 0.2) is 18.1 Å². The summed E-state index contributed by atoms with van der Waals surface area (Å²) in [6.45, 7) is 5.17. The molecule has 1 amide bonds. The maximum absolute atomic E-state index is 12.8. The Morgan fingerprint density at radius 2 is 1.82 bits per heavy atom. The van der Waals surface area contributed by atoms with Gasteiger partial charge in [0, 0.05) is 54.5 Å². The van der Waals surface area contributed by atoms with Crippen LogP contribution in [0.15, 0.2) is 48.7 Å². The number of fused-ring (bicyclic) bond motifs is 1. The number of morpholine rings is 1. The number of hydrogen-bond acceptors (Lipinski definition) is 7. The van der Waals surface area contributed by atoms with E-state index in [-0.39, 0.29) is 12.5 Å². The lowest BCUT2D eigenvalue weighted by molar-refractivity contribution is -0.142. The highest BCUT2D eigenvalue weighted by Gasteiger charge is 2.14. The van der Waals surface area contributed by atoms with Crippen molar-refractivity contribution in [2.45, 2.75) is 6.54 Å². The molecule has 1 aromatic heterocycles. The Balaban J connectivity index is 1.40. The van der Waals surface area contributed by atoms with Crippen LogP contribution < -0.4 is 14.8 Å². The van der Waals surface area contributed by atoms with Gasteiger partial charge in [-0.2, -0.15) is 0 Å². The third kappa shape index (κ3) is 5.67. The molecule has 0 bridgehead atoms. The van der Waals surface area contributed by atoms with E-state index < -0.39 is 5.97 Å². The van der Waals surface area contributed by atoms with Gasteiger partial charge in [-0.15, -0.1) is 0 Å². The molecule has 0 spiro atoms. The second-order valence-corrected chi connectivity index (χ2v) is 7.92. The van der Waals surface area contributed by atoms with Crippen molar-refractivity contribution in [2.24, 2.45) is 0 Å². The minimum absolute atomic E-state index is 0.246. The fourth-order valence-corrected chi connectivity index (χ4v) is 3.87. The normalized spacial score (nSPS) is 14.1. The number of rotatable bonds is 9. The average Bonchev–Trinajstić information content (AvgIpc) is 3.28. The van der Waals surface area contributed by atoms with Crippen LogP contribution in [0.1, 0.15) is 10.4 Å². The minimum Gasteiger partial charge on any atom is -0.493 e. The highest BCUT2D eigenvalue weighted by atomic mass is 16.6. The smallest absolute Gasteiger partial charge is 0.343 e. The first-order valence-electron chi connectivity index (χ1n) is 11.2. The van der Waals surface area contributed by atoms with Crippen LogP contribution in [0.4, 0.5) is 5.69 Å². The Morgan fingerprint density at radius 1 is 1.00 bits per heavy atom. The average molecular weight is 468 g/mol. The molecule has 1 aliphatic rings. The van der Waals surface area contributed by atoms with Crippen LogP contribution in [0.2, 0.25) is 0 Å². The second-order valence-electron chi connectivity index (χ2n) is 7.92. The zero-order valence-corrected chi connectivity index (χ0v) is 19.4. The van der Waals surface area contributed by atoms with E-state index in [1.54, 1.807) is 18.2 Å². The van der Waals surface area contributed by atoms with Crippen LogP contribution in [0.3, 0.4) is 0 Å². The molecule has 2 aromatic carbocycles. The first-order valence-corrected chi connectivity index (χ1v) is 11.2. The maximum atomic E-state index is 12.8. The minimum atomic E-state index is -0.505. The van der Waals surface area contributed by atoms with Gasteiger partial charge >= 0.3 is 5.97 Å². The predicted molar refractivity (Wildman–Crippen MR) is 128 cm³/mol. The summed E-state index contributed by atoms with van der Waals surface area (Å²) in [5.41, 5.74) is 2.24. The highest BCUT2D eigenvalue weighted by molar-refractivity contribution is 6.05. The molecule has 34 heavy (non-hydrogen) atoms. The lowest BCUT2D eigenvalue weighted by atomic mass is 10.1. The summed E-state index contributed by atoms with van der Waals surface area (Å²) in [4.78, 5) is 26.5. The molecule has 180 valence electrons. The van der Waals surface area contributed by atoms with E-state index in [1.807, 2.05) is 18.2 Å². The SMILES string of the molecule is COC(=O)COc1ccc(C(=O)Nc2ccc3c(ccn3CCN3CCOCC3)c2)cc1OC. The topological polar surface area (TPSA) is 91.3 Å². The van der Waals surface area contributed by atoms with Crippen LogP contribution >= 0.6 is 0 Å². The number of aromatic nitrogens is 1. The summed E-state index contributed by atoms with van der Waals surface area (Å²) in [6, 6.07) is 12.7. The van der Waals surface area contributed by atoms with Crippen LogP contribution in [-0.2, 0) is 20.8 Å². The second kappa shape index (κ2) is 11.0. The van der Waals surface area contributed by atoms with Gasteiger partial charge in [0.05, 0.1) is 27.4 Å². The van der Waals surface area contributed by atoms with Gasteiger partial charge in [-0.1, -0.05) is 0 Å². The van der Waals surface area contributed by atoms with E-state index in [0.29, 0.717) is 22.7 Å². The number of carbonyl (C=O) groups is 2. The van der Waals surface area contributed by atoms with Crippen molar-refractivity contribution >= 4 is 28.5 Å². The fourth-order valence-electron chi connectivity index (χ4n) is 3.87. The van der Waals surface area contributed by atoms with Gasteiger partial charge in [-0.05, 0) is 42.5 Å². The van der Waals surface area contributed by atoms with Crippen molar-refractivity contribution in [3.05, 3.63) is 54.2 Å². The van der Waals surface area contributed by atoms with Crippen molar-refractivity contribution in [3.8, 4) is 11.5 Å². The molecule has 0 aliphatic carbocycles. The summed E-state index contributed by atoms with van der Waals surface area (Å²) in [5.74, 6) is -0.0771. The Bertz CT molecular complexity index is 1150. The number of amides is 1. The van der Waals surface area contributed by atoms with Crippen LogP contribution in [0.5, 0.6) is 11.5 Å². The molecule has 0 atom stereocenters. The van der Waals surface area contributed by atoms with Crippen LogP contribution in [0.25, 0.3) is 10.9 Å². The lowest BCUT2D eigenvalue weighted by Gasteiger charge is -2.26. The number of methoxy groups -OCH3 is 2. The van der Waals surface area contributed by atoms with Crippen molar-refractivity contribution in [1.29, 1.82) is 0 Å². The number of nitrogens with zero attached hydrogens (tertiary/aromatic N) is 2. The largest absolute Gasteiger partial charge is 0.493 e. The number of nitrogens with one attached hydrogen (secondary N) is 1. The summed E-state index contributed by atoms with van der Waals surface area (Å²) >= 11 is 0. The molecule has 2 heterocycles. The number of carbonyl (C=O) groups excluding carboxylic acids is 2. The zero-order valence-electron chi connectivity index (χ0n) is 19.4. The molecule has 0 radical (unpaired) electrons. The van der Waals surface area contributed by atoms with E-state index >= 15 is 0 Å². The lowest BCUT2D eigenvalue weighted by Crippen LogP contribution is -2.38. The third-order valence-electron chi connectivity index (χ3n) is 5.79. The van der Waals surface area contributed by atoms with Crippen molar-refractivity contribution in [1.82, 2.24) is 9.47 Å². The van der Waals surface area contributed by atoms with Crippen molar-refractivity contribution in [2.75, 3.05) is 59.0 Å². The quantitative estimate of drug-likeness (QED) is 0.484. The molecular weight excluding hydrogens is 438 g/mol. The van der Waals surface area contributed by atoms with Crippen LogP contribution in [-0.4, -0.2) is 75.0 Å². The summed E-state index contributed by atoms with van der Waals surface area (Å²) in [7, 11) is 2.76. The summed E-state index contributed by atoms with van der Waals surface area (Å²) in [6.07, 6.45) is 2.08. The number of benzene rings is 2. The van der Waals surface area contributed by atoms with E-state index in [4.69, 9.17) is 14.2 Å². The Morgan fingerprint density at radius 3 is 2.59 bits per heavy atom. The zero-order chi connectivity index (χ0) is 23.9. The van der Waals surface area contributed by atoms with Gasteiger partial charge < -0.3 is 28.8 Å². The standard InChI is InChI=1S/C25H29N3O6/c1-31-23-16-19(3-6-22(23)34-17-24(29)32-2)25(30)26-20-4-5-21-18(15-20)7-8-28(21)10-9-27-11-13-33-14-12-27/h3-8,15-16H,9-14,17H2,1-2H3,(H,26,30). The summed E-state index contributed by atoms with van der Waals surface area (Å²) in [5, 5.41) is 3.99. The number of ether oxygens (including phenoxy) is 4. The molecule has 1 aliphatic heterocycles. The molecule has 1 fully saturated rings. The molecule has 0 unspecified atom stereocenters. The van der Waals surface area contributed by atoms with Gasteiger partial charge in [-0.25, -0.2) is 4.79 Å². The van der Waals surface area contributed by atoms with Crippen molar-refractivity contribution < 1.29 is 28.5 Å². The molecule has 1 saturated heterocycles. The van der Waals surface area contributed by atoms with Gasteiger partial charge in [0.2, 0.25) is 0 Å². The molecule has 0 saturated carbocycles. The van der Waals surface area contributed by atoms with E-state index in [1.165, 1.54) is 14.2 Å². The number of hydrogen-bond donors (Lipinski definition) is 1. The highest BCUT2D eigenvalue weighted by Crippen LogP contribution is 2.29. The van der Waals surface area contributed by atoms with Gasteiger partial charge in [0.1, 0.15) is 0 Å². The first kappa shape index (κ1) is 23.6. The Labute approximate surface area is 198 Å². The molecule has 3 aromatic rings. The molecule has 9 nitrogen and oxygen atoms in total. The molecule has 1 N–H and O–H groups in total. The van der Waals surface area contributed by atoms with E-state index in [2.05, 4.69) is 31.8 Å². The van der Waals surface area contributed by atoms with Gasteiger partial charge in [0.25, 0.3) is 5.91 Å². The third-order valence-corrected chi connectivity index (χ3v) is 5.79. The van der Waals surface area contributed by atoms with Gasteiger partial charge in [-0.3, -0.25) is 9.69 Å². The number of anilines is 1. The molecule has 4 rings (SSSR count). The summed E-state index contributed by atoms with van der Waals surface area (Å²) < 4.78 is 22.9. The fraction of sp³-hybridized carbons (Fsp3) is 0.360. The van der Waals surface area contributed by atoms with E-state index in [9.17, 15) is 9.59 Å². The van der Waals surface area contributed by atoms with E-state index in [0.717, 1.165) is 50.3 Å². The maximum Gasteiger partial charge on any atom is 0.343 e. The predicted octanol–water partition coefficient (Wildman–Crippen LogP) is 2.79. The molecule has 9 heteroatoms. The van der Waals surface area contributed by atoms with Crippen molar-refractivity contribution in [3.63, 3.8) is 0 Å². The Kier molecular flexibility index (Phi) is 7.66.